The first-order valence-electron chi connectivity index (χ1n) is 6.55. The maximum Gasteiger partial charge on any atom is 0.303 e. The molecular formula is C15H22O4. The van der Waals surface area contributed by atoms with E-state index in [0.717, 1.165) is 5.56 Å². The molecule has 0 aromatic heterocycles. The van der Waals surface area contributed by atoms with Crippen molar-refractivity contribution < 1.29 is 19.7 Å². The average Bonchev–Trinajstić information content (AvgIpc) is 2.26. The molecule has 0 radical (unpaired) electrons. The highest BCUT2D eigenvalue weighted by Crippen LogP contribution is 2.34. The fourth-order valence-corrected chi connectivity index (χ4v) is 1.88. The van der Waals surface area contributed by atoms with Crippen LogP contribution in [-0.2, 0) is 11.2 Å². The monoisotopic (exact) mass is 266 g/mol. The van der Waals surface area contributed by atoms with E-state index in [-0.39, 0.29) is 24.2 Å². The number of aryl methyl sites for hydroxylation is 1. The Hall–Kier alpha value is -1.71. The third-order valence-corrected chi connectivity index (χ3v) is 2.80. The lowest BCUT2D eigenvalue weighted by Crippen LogP contribution is -2.09. The molecule has 0 aliphatic carbocycles. The molecule has 0 saturated heterocycles. The van der Waals surface area contributed by atoms with Crippen LogP contribution in [0.4, 0.5) is 0 Å². The summed E-state index contributed by atoms with van der Waals surface area (Å²) in [6.07, 6.45) is 0.361. The summed E-state index contributed by atoms with van der Waals surface area (Å²) in [6, 6.07) is 3.44. The van der Waals surface area contributed by atoms with Gasteiger partial charge in [-0.25, -0.2) is 0 Å². The van der Waals surface area contributed by atoms with Crippen molar-refractivity contribution in [3.05, 3.63) is 23.3 Å². The van der Waals surface area contributed by atoms with E-state index in [1.54, 1.807) is 6.07 Å². The maximum absolute atomic E-state index is 10.6. The van der Waals surface area contributed by atoms with E-state index in [1.165, 1.54) is 0 Å². The van der Waals surface area contributed by atoms with Crippen LogP contribution in [0.5, 0.6) is 11.5 Å². The third-order valence-electron chi connectivity index (χ3n) is 2.80. The summed E-state index contributed by atoms with van der Waals surface area (Å²) in [5, 5.41) is 18.7. The zero-order chi connectivity index (χ0) is 14.6. The fraction of sp³-hybridized carbons (Fsp3) is 0.533. The molecule has 1 aromatic carbocycles. The van der Waals surface area contributed by atoms with Crippen LogP contribution in [0.25, 0.3) is 0 Å². The standard InChI is InChI=1S/C15H22O4/c1-9(2)12-7-11(5-6-15(17)18)13(16)8-14(12)19-10(3)4/h7-10,16H,5-6H2,1-4H3,(H,17,18). The molecule has 4 nitrogen and oxygen atoms in total. The fourth-order valence-electron chi connectivity index (χ4n) is 1.88. The SMILES string of the molecule is CC(C)Oc1cc(O)c(CCC(=O)O)cc1C(C)C. The average molecular weight is 266 g/mol. The number of aliphatic carboxylic acids is 1. The number of aromatic hydroxyl groups is 1. The van der Waals surface area contributed by atoms with Crippen molar-refractivity contribution in [2.75, 3.05) is 0 Å². The van der Waals surface area contributed by atoms with Gasteiger partial charge in [0, 0.05) is 12.5 Å². The number of rotatable bonds is 6. The van der Waals surface area contributed by atoms with E-state index in [0.29, 0.717) is 17.7 Å². The molecule has 1 aromatic rings. The molecule has 0 amide bonds. The van der Waals surface area contributed by atoms with Crippen molar-refractivity contribution in [3.8, 4) is 11.5 Å². The summed E-state index contributed by atoms with van der Waals surface area (Å²) >= 11 is 0. The summed E-state index contributed by atoms with van der Waals surface area (Å²) in [6.45, 7) is 7.94. The van der Waals surface area contributed by atoms with Gasteiger partial charge in [0.25, 0.3) is 0 Å². The van der Waals surface area contributed by atoms with Gasteiger partial charge in [-0.1, -0.05) is 13.8 Å². The molecule has 0 saturated carbocycles. The molecule has 0 fully saturated rings. The van der Waals surface area contributed by atoms with Crippen LogP contribution in [0.3, 0.4) is 0 Å². The molecule has 106 valence electrons. The van der Waals surface area contributed by atoms with Crippen molar-refractivity contribution in [3.63, 3.8) is 0 Å². The topological polar surface area (TPSA) is 66.8 Å². The van der Waals surface area contributed by atoms with Crippen molar-refractivity contribution >= 4 is 5.97 Å². The molecule has 2 N–H and O–H groups in total. The molecule has 0 unspecified atom stereocenters. The van der Waals surface area contributed by atoms with Crippen LogP contribution in [0.15, 0.2) is 12.1 Å². The Labute approximate surface area is 114 Å². The van der Waals surface area contributed by atoms with Crippen LogP contribution in [0, 0.1) is 0 Å². The lowest BCUT2D eigenvalue weighted by molar-refractivity contribution is -0.136. The van der Waals surface area contributed by atoms with Crippen LogP contribution in [-0.4, -0.2) is 22.3 Å². The second-order valence-corrected chi connectivity index (χ2v) is 5.23. The van der Waals surface area contributed by atoms with Crippen molar-refractivity contribution in [1.29, 1.82) is 0 Å². The normalized spacial score (nSPS) is 11.1. The molecule has 0 atom stereocenters. The van der Waals surface area contributed by atoms with Gasteiger partial charge in [0.05, 0.1) is 6.10 Å². The highest BCUT2D eigenvalue weighted by Gasteiger charge is 2.15. The van der Waals surface area contributed by atoms with E-state index in [1.807, 2.05) is 33.8 Å². The van der Waals surface area contributed by atoms with Crippen molar-refractivity contribution in [2.24, 2.45) is 0 Å². The predicted octanol–water partition coefficient (Wildman–Crippen LogP) is 3.32. The van der Waals surface area contributed by atoms with E-state index in [4.69, 9.17) is 9.84 Å². The van der Waals surface area contributed by atoms with Gasteiger partial charge in [-0.2, -0.15) is 0 Å². The van der Waals surface area contributed by atoms with Gasteiger partial charge in [0.2, 0.25) is 0 Å². The van der Waals surface area contributed by atoms with Crippen LogP contribution in [0.1, 0.15) is 51.2 Å². The summed E-state index contributed by atoms with van der Waals surface area (Å²) in [5.74, 6) is 0.147. The van der Waals surface area contributed by atoms with Gasteiger partial charge < -0.3 is 14.9 Å². The molecule has 4 heteroatoms. The predicted molar refractivity (Wildman–Crippen MR) is 73.9 cm³/mol. The number of phenolic OH excluding ortho intramolecular Hbond substituents is 1. The number of carboxylic acids is 1. The third kappa shape index (κ3) is 4.47. The van der Waals surface area contributed by atoms with Crippen molar-refractivity contribution in [1.82, 2.24) is 0 Å². The van der Waals surface area contributed by atoms with E-state index >= 15 is 0 Å². The van der Waals surface area contributed by atoms with E-state index in [2.05, 4.69) is 0 Å². The van der Waals surface area contributed by atoms with Crippen LogP contribution in [0.2, 0.25) is 0 Å². The zero-order valence-corrected chi connectivity index (χ0v) is 11.9. The Morgan fingerprint density at radius 1 is 1.26 bits per heavy atom. The van der Waals surface area contributed by atoms with Gasteiger partial charge in [-0.15, -0.1) is 0 Å². The van der Waals surface area contributed by atoms with Crippen LogP contribution < -0.4 is 4.74 Å². The highest BCUT2D eigenvalue weighted by atomic mass is 16.5. The second kappa shape index (κ2) is 6.45. The molecule has 0 aliphatic heterocycles. The van der Waals surface area contributed by atoms with Gasteiger partial charge in [-0.3, -0.25) is 4.79 Å². The molecule has 0 aliphatic rings. The number of ether oxygens (including phenoxy) is 1. The molecule has 19 heavy (non-hydrogen) atoms. The molecule has 0 bridgehead atoms. The van der Waals surface area contributed by atoms with Gasteiger partial charge in [0.1, 0.15) is 11.5 Å². The Balaban J connectivity index is 3.09. The number of hydrogen-bond donors (Lipinski definition) is 2. The Kier molecular flexibility index (Phi) is 5.21. The lowest BCUT2D eigenvalue weighted by atomic mass is 9.97. The minimum Gasteiger partial charge on any atom is -0.508 e. The smallest absolute Gasteiger partial charge is 0.303 e. The maximum atomic E-state index is 10.6. The first-order valence-corrected chi connectivity index (χ1v) is 6.55. The van der Waals surface area contributed by atoms with Crippen molar-refractivity contribution in [2.45, 2.75) is 52.6 Å². The summed E-state index contributed by atoms with van der Waals surface area (Å²) < 4.78 is 5.69. The summed E-state index contributed by atoms with van der Waals surface area (Å²) in [4.78, 5) is 10.6. The van der Waals surface area contributed by atoms with E-state index in [9.17, 15) is 9.90 Å². The first kappa shape index (κ1) is 15.3. The Morgan fingerprint density at radius 3 is 2.37 bits per heavy atom. The molecular weight excluding hydrogens is 244 g/mol. The summed E-state index contributed by atoms with van der Waals surface area (Å²) in [7, 11) is 0. The van der Waals surface area contributed by atoms with Crippen LogP contribution >= 0.6 is 0 Å². The molecule has 0 heterocycles. The summed E-state index contributed by atoms with van der Waals surface area (Å²) in [5.41, 5.74) is 1.65. The highest BCUT2D eigenvalue weighted by molar-refractivity contribution is 5.67. The number of phenols is 1. The Morgan fingerprint density at radius 2 is 1.89 bits per heavy atom. The number of carboxylic acid groups (broad SMARTS) is 1. The minimum atomic E-state index is -0.868. The Bertz CT molecular complexity index is 450. The first-order chi connectivity index (χ1) is 8.81. The van der Waals surface area contributed by atoms with Gasteiger partial charge >= 0.3 is 5.97 Å². The quantitative estimate of drug-likeness (QED) is 0.829. The zero-order valence-electron chi connectivity index (χ0n) is 11.9. The molecule has 0 spiro atoms. The number of carbonyl (C=O) groups is 1. The van der Waals surface area contributed by atoms with Gasteiger partial charge in [-0.05, 0) is 43.4 Å². The number of hydrogen-bond acceptors (Lipinski definition) is 3. The number of benzene rings is 1. The second-order valence-electron chi connectivity index (χ2n) is 5.23. The molecule has 1 rings (SSSR count). The van der Waals surface area contributed by atoms with Gasteiger partial charge in [0.15, 0.2) is 0 Å². The minimum absolute atomic E-state index is 0.00940. The largest absolute Gasteiger partial charge is 0.508 e. The van der Waals surface area contributed by atoms with E-state index < -0.39 is 5.97 Å². The lowest BCUT2D eigenvalue weighted by Gasteiger charge is -2.18.